The summed E-state index contributed by atoms with van der Waals surface area (Å²) in [6, 6.07) is 0. The molecular formula is C9H15ClN2S. The highest BCUT2D eigenvalue weighted by Gasteiger charge is 2.06. The van der Waals surface area contributed by atoms with E-state index in [0.29, 0.717) is 0 Å². The van der Waals surface area contributed by atoms with Crippen LogP contribution < -0.4 is 4.90 Å². The van der Waals surface area contributed by atoms with E-state index < -0.39 is 0 Å². The van der Waals surface area contributed by atoms with Gasteiger partial charge in [-0.2, -0.15) is 0 Å². The van der Waals surface area contributed by atoms with Gasteiger partial charge in [0.05, 0.1) is 5.69 Å². The normalized spacial score (nSPS) is 10.4. The number of nitrogens with zero attached hydrogens (tertiary/aromatic N) is 2. The predicted molar refractivity (Wildman–Crippen MR) is 60.1 cm³/mol. The molecule has 0 N–H and O–H groups in total. The maximum atomic E-state index is 5.65. The molecule has 74 valence electrons. The van der Waals surface area contributed by atoms with Crippen LogP contribution in [-0.4, -0.2) is 24.0 Å². The summed E-state index contributed by atoms with van der Waals surface area (Å²) in [5.41, 5.74) is 1.10. The van der Waals surface area contributed by atoms with Crippen LogP contribution in [0, 0.1) is 6.92 Å². The minimum Gasteiger partial charge on any atom is -0.348 e. The Balaban J connectivity index is 2.56. The Kier molecular flexibility index (Phi) is 4.53. The molecule has 0 saturated carbocycles. The van der Waals surface area contributed by atoms with Crippen LogP contribution in [0.3, 0.4) is 0 Å². The second-order valence-electron chi connectivity index (χ2n) is 2.89. The van der Waals surface area contributed by atoms with Crippen molar-refractivity contribution in [3.05, 3.63) is 11.1 Å². The zero-order valence-electron chi connectivity index (χ0n) is 8.09. The van der Waals surface area contributed by atoms with Crippen LogP contribution in [0.15, 0.2) is 5.38 Å². The Morgan fingerprint density at radius 2 is 2.38 bits per heavy atom. The summed E-state index contributed by atoms with van der Waals surface area (Å²) in [6.07, 6.45) is 1.02. The van der Waals surface area contributed by atoms with Crippen LogP contribution in [0.4, 0.5) is 5.13 Å². The minimum atomic E-state index is 0.723. The monoisotopic (exact) mass is 218 g/mol. The minimum absolute atomic E-state index is 0.723. The number of hydrogen-bond donors (Lipinski definition) is 0. The van der Waals surface area contributed by atoms with E-state index in [0.717, 1.165) is 36.2 Å². The summed E-state index contributed by atoms with van der Waals surface area (Å²) < 4.78 is 0. The van der Waals surface area contributed by atoms with E-state index in [1.807, 2.05) is 6.92 Å². The molecule has 0 spiro atoms. The molecule has 0 radical (unpaired) electrons. The van der Waals surface area contributed by atoms with E-state index in [-0.39, 0.29) is 0 Å². The van der Waals surface area contributed by atoms with Gasteiger partial charge in [-0.05, 0) is 20.3 Å². The molecule has 0 bridgehead atoms. The van der Waals surface area contributed by atoms with Gasteiger partial charge in [0, 0.05) is 24.3 Å². The zero-order chi connectivity index (χ0) is 9.68. The molecular weight excluding hydrogens is 204 g/mol. The lowest BCUT2D eigenvalue weighted by atomic mass is 10.4. The fourth-order valence-corrected chi connectivity index (χ4v) is 2.14. The van der Waals surface area contributed by atoms with Crippen LogP contribution in [0.2, 0.25) is 0 Å². The van der Waals surface area contributed by atoms with Gasteiger partial charge < -0.3 is 4.90 Å². The van der Waals surface area contributed by atoms with Crippen molar-refractivity contribution in [2.75, 3.05) is 23.9 Å². The van der Waals surface area contributed by atoms with Gasteiger partial charge in [0.25, 0.3) is 0 Å². The van der Waals surface area contributed by atoms with Crippen molar-refractivity contribution >= 4 is 28.1 Å². The number of alkyl halides is 1. The third kappa shape index (κ3) is 3.16. The van der Waals surface area contributed by atoms with Gasteiger partial charge in [0.1, 0.15) is 0 Å². The quantitative estimate of drug-likeness (QED) is 0.707. The van der Waals surface area contributed by atoms with Gasteiger partial charge in [0.15, 0.2) is 5.13 Å². The Morgan fingerprint density at radius 3 is 2.85 bits per heavy atom. The Morgan fingerprint density at radius 1 is 1.62 bits per heavy atom. The van der Waals surface area contributed by atoms with Gasteiger partial charge in [-0.25, -0.2) is 4.98 Å². The van der Waals surface area contributed by atoms with Crippen molar-refractivity contribution < 1.29 is 0 Å². The van der Waals surface area contributed by atoms with E-state index in [1.165, 1.54) is 0 Å². The maximum absolute atomic E-state index is 5.65. The van der Waals surface area contributed by atoms with Crippen molar-refractivity contribution in [2.45, 2.75) is 20.3 Å². The number of aromatic nitrogens is 1. The number of anilines is 1. The average molecular weight is 219 g/mol. The molecule has 13 heavy (non-hydrogen) atoms. The molecule has 2 nitrogen and oxygen atoms in total. The molecule has 0 fully saturated rings. The molecule has 0 aliphatic rings. The lowest BCUT2D eigenvalue weighted by Crippen LogP contribution is -2.23. The van der Waals surface area contributed by atoms with E-state index in [1.54, 1.807) is 11.3 Å². The summed E-state index contributed by atoms with van der Waals surface area (Å²) in [5, 5.41) is 3.20. The third-order valence-corrected chi connectivity index (χ3v) is 3.11. The number of rotatable bonds is 5. The van der Waals surface area contributed by atoms with Crippen LogP contribution in [0.25, 0.3) is 0 Å². The number of halogens is 1. The molecule has 0 aliphatic carbocycles. The SMILES string of the molecule is CCN(CCCCl)c1nc(C)cs1. The second-order valence-corrected chi connectivity index (χ2v) is 4.11. The summed E-state index contributed by atoms with van der Waals surface area (Å²) in [4.78, 5) is 6.70. The lowest BCUT2D eigenvalue weighted by molar-refractivity contribution is 0.790. The maximum Gasteiger partial charge on any atom is 0.185 e. The second kappa shape index (κ2) is 5.45. The topological polar surface area (TPSA) is 16.1 Å². The molecule has 1 heterocycles. The number of aryl methyl sites for hydroxylation is 1. The Bertz CT molecular complexity index is 250. The Labute approximate surface area is 88.5 Å². The summed E-state index contributed by atoms with van der Waals surface area (Å²) in [6.45, 7) is 6.18. The third-order valence-electron chi connectivity index (χ3n) is 1.82. The number of hydrogen-bond acceptors (Lipinski definition) is 3. The first-order chi connectivity index (χ1) is 6.27. The van der Waals surface area contributed by atoms with Crippen molar-refractivity contribution in [1.82, 2.24) is 4.98 Å². The molecule has 0 aromatic carbocycles. The standard InChI is InChI=1S/C9H15ClN2S/c1-3-12(6-4-5-10)9-11-8(2)7-13-9/h7H,3-6H2,1-2H3. The van der Waals surface area contributed by atoms with E-state index in [4.69, 9.17) is 11.6 Å². The molecule has 0 saturated heterocycles. The molecule has 0 atom stereocenters. The van der Waals surface area contributed by atoms with Crippen LogP contribution >= 0.6 is 22.9 Å². The highest BCUT2D eigenvalue weighted by Crippen LogP contribution is 2.19. The fourth-order valence-electron chi connectivity index (χ4n) is 1.13. The van der Waals surface area contributed by atoms with Crippen LogP contribution in [-0.2, 0) is 0 Å². The summed E-state index contributed by atoms with van der Waals surface area (Å²) in [5.74, 6) is 0.723. The highest BCUT2D eigenvalue weighted by molar-refractivity contribution is 7.13. The van der Waals surface area contributed by atoms with Gasteiger partial charge in [-0.1, -0.05) is 0 Å². The molecule has 1 aromatic rings. The summed E-state index contributed by atoms with van der Waals surface area (Å²) in [7, 11) is 0. The van der Waals surface area contributed by atoms with Gasteiger partial charge in [0.2, 0.25) is 0 Å². The fraction of sp³-hybridized carbons (Fsp3) is 0.667. The van der Waals surface area contributed by atoms with Crippen LogP contribution in [0.5, 0.6) is 0 Å². The van der Waals surface area contributed by atoms with Crippen molar-refractivity contribution in [3.63, 3.8) is 0 Å². The molecule has 1 rings (SSSR count). The molecule has 4 heteroatoms. The van der Waals surface area contributed by atoms with E-state index in [9.17, 15) is 0 Å². The van der Waals surface area contributed by atoms with Crippen molar-refractivity contribution in [1.29, 1.82) is 0 Å². The molecule has 0 unspecified atom stereocenters. The molecule has 0 aliphatic heterocycles. The lowest BCUT2D eigenvalue weighted by Gasteiger charge is -2.18. The molecule has 0 amide bonds. The average Bonchev–Trinajstić information content (AvgIpc) is 2.54. The molecule has 1 aromatic heterocycles. The highest BCUT2D eigenvalue weighted by atomic mass is 35.5. The number of thiazole rings is 1. The predicted octanol–water partition coefficient (Wildman–Crippen LogP) is 2.91. The van der Waals surface area contributed by atoms with E-state index >= 15 is 0 Å². The smallest absolute Gasteiger partial charge is 0.185 e. The van der Waals surface area contributed by atoms with Crippen molar-refractivity contribution in [2.24, 2.45) is 0 Å². The van der Waals surface area contributed by atoms with Gasteiger partial charge >= 0.3 is 0 Å². The first-order valence-electron chi connectivity index (χ1n) is 4.51. The van der Waals surface area contributed by atoms with Crippen molar-refractivity contribution in [3.8, 4) is 0 Å². The first-order valence-corrected chi connectivity index (χ1v) is 5.92. The first kappa shape index (κ1) is 10.8. The van der Waals surface area contributed by atoms with Gasteiger partial charge in [-0.15, -0.1) is 22.9 Å². The largest absolute Gasteiger partial charge is 0.348 e. The van der Waals surface area contributed by atoms with E-state index in [2.05, 4.69) is 22.2 Å². The van der Waals surface area contributed by atoms with Gasteiger partial charge in [-0.3, -0.25) is 0 Å². The summed E-state index contributed by atoms with van der Waals surface area (Å²) >= 11 is 7.36. The Hall–Kier alpha value is -0.280. The zero-order valence-corrected chi connectivity index (χ0v) is 9.66. The van der Waals surface area contributed by atoms with Crippen LogP contribution in [0.1, 0.15) is 19.0 Å².